The van der Waals surface area contributed by atoms with Gasteiger partial charge in [-0.05, 0) is 43.2 Å². The number of nitrogens with two attached hydrogens (primary N) is 2. The lowest BCUT2D eigenvalue weighted by atomic mass is 10.2. The van der Waals surface area contributed by atoms with E-state index < -0.39 is 0 Å². The van der Waals surface area contributed by atoms with Gasteiger partial charge in [0.2, 0.25) is 0 Å². The molecule has 0 fully saturated rings. The highest BCUT2D eigenvalue weighted by Gasteiger charge is 2.13. The molecule has 0 aliphatic heterocycles. The van der Waals surface area contributed by atoms with Crippen molar-refractivity contribution < 1.29 is 4.74 Å². The van der Waals surface area contributed by atoms with Crippen LogP contribution in [0.15, 0.2) is 42.5 Å². The third kappa shape index (κ3) is 2.69. The van der Waals surface area contributed by atoms with Crippen LogP contribution in [0.3, 0.4) is 0 Å². The van der Waals surface area contributed by atoms with Gasteiger partial charge >= 0.3 is 0 Å². The van der Waals surface area contributed by atoms with Gasteiger partial charge in [0.25, 0.3) is 0 Å². The third-order valence-corrected chi connectivity index (χ3v) is 3.84. The van der Waals surface area contributed by atoms with E-state index in [-0.39, 0.29) is 0 Å². The summed E-state index contributed by atoms with van der Waals surface area (Å²) in [5.41, 5.74) is 16.2. The Bertz CT molecular complexity index is 929. The average molecular weight is 305 g/mol. The molecule has 0 bridgehead atoms. The van der Waals surface area contributed by atoms with Gasteiger partial charge in [-0.2, -0.15) is 0 Å². The highest BCUT2D eigenvalue weighted by molar-refractivity contribution is 5.96. The van der Waals surface area contributed by atoms with Crippen LogP contribution in [0.4, 0.5) is 11.4 Å². The van der Waals surface area contributed by atoms with Crippen molar-refractivity contribution in [2.24, 2.45) is 0 Å². The molecule has 23 heavy (non-hydrogen) atoms. The fourth-order valence-corrected chi connectivity index (χ4v) is 2.69. The number of aryl methyl sites for hydroxylation is 1. The zero-order valence-electron chi connectivity index (χ0n) is 13.3. The highest BCUT2D eigenvalue weighted by atomic mass is 16.5. The molecule has 0 aliphatic carbocycles. The molecule has 0 atom stereocenters. The molecule has 3 aromatic rings. The molecule has 0 unspecified atom stereocenters. The summed E-state index contributed by atoms with van der Waals surface area (Å²) in [6, 6.07) is 13.4. The van der Waals surface area contributed by atoms with Gasteiger partial charge in [0.1, 0.15) is 11.4 Å². The molecule has 116 valence electrons. The molecular formula is C19H19N3O. The quantitative estimate of drug-likeness (QED) is 0.564. The molecule has 0 radical (unpaired) electrons. The molecule has 0 spiro atoms. The summed E-state index contributed by atoms with van der Waals surface area (Å²) >= 11 is 0. The Balaban J connectivity index is 2.16. The summed E-state index contributed by atoms with van der Waals surface area (Å²) in [7, 11) is 1.66. The normalized spacial score (nSPS) is 10.3. The van der Waals surface area contributed by atoms with Crippen LogP contribution < -0.4 is 16.2 Å². The van der Waals surface area contributed by atoms with Crippen molar-refractivity contribution >= 4 is 22.3 Å². The molecule has 4 nitrogen and oxygen atoms in total. The van der Waals surface area contributed by atoms with Gasteiger partial charge < -0.3 is 20.8 Å². The Morgan fingerprint density at radius 3 is 2.61 bits per heavy atom. The lowest BCUT2D eigenvalue weighted by Crippen LogP contribution is -1.99. The molecule has 3 rings (SSSR count). The van der Waals surface area contributed by atoms with E-state index in [0.717, 1.165) is 34.5 Å². The summed E-state index contributed by atoms with van der Waals surface area (Å²) in [4.78, 5) is 0. The largest absolute Gasteiger partial charge is 0.497 e. The van der Waals surface area contributed by atoms with Crippen LogP contribution in [-0.4, -0.2) is 11.7 Å². The van der Waals surface area contributed by atoms with E-state index in [2.05, 4.69) is 23.3 Å². The summed E-state index contributed by atoms with van der Waals surface area (Å²) < 4.78 is 7.41. The van der Waals surface area contributed by atoms with Gasteiger partial charge in [0.15, 0.2) is 0 Å². The van der Waals surface area contributed by atoms with Gasteiger partial charge in [0.05, 0.1) is 18.3 Å². The van der Waals surface area contributed by atoms with Crippen molar-refractivity contribution in [1.29, 1.82) is 0 Å². The van der Waals surface area contributed by atoms with E-state index >= 15 is 0 Å². The van der Waals surface area contributed by atoms with E-state index in [9.17, 15) is 0 Å². The molecule has 1 aromatic heterocycles. The summed E-state index contributed by atoms with van der Waals surface area (Å²) in [6.07, 6.45) is 0. The first-order chi connectivity index (χ1) is 11.1. The van der Waals surface area contributed by atoms with Crippen LogP contribution >= 0.6 is 0 Å². The summed E-state index contributed by atoms with van der Waals surface area (Å²) in [6.45, 7) is 2.85. The second-order valence-corrected chi connectivity index (χ2v) is 5.27. The molecule has 1 heterocycles. The number of aromatic nitrogens is 1. The fourth-order valence-electron chi connectivity index (χ4n) is 2.69. The molecule has 0 saturated carbocycles. The SMILES string of the molecule is CCn1c(C#Cc2cccc(N)c2)c(N)c2ccc(OC)cc21. The number of benzene rings is 2. The van der Waals surface area contributed by atoms with Crippen molar-refractivity contribution in [3.8, 4) is 17.6 Å². The molecule has 4 N–H and O–H groups in total. The van der Waals surface area contributed by atoms with Gasteiger partial charge in [-0.3, -0.25) is 0 Å². The average Bonchev–Trinajstić information content (AvgIpc) is 2.84. The number of rotatable bonds is 2. The topological polar surface area (TPSA) is 66.2 Å². The van der Waals surface area contributed by atoms with Crippen LogP contribution in [0.25, 0.3) is 10.9 Å². The molecular weight excluding hydrogens is 286 g/mol. The first kappa shape index (κ1) is 14.9. The number of anilines is 2. The Labute approximate surface area is 135 Å². The zero-order chi connectivity index (χ0) is 16.4. The number of hydrogen-bond donors (Lipinski definition) is 2. The number of methoxy groups -OCH3 is 1. The third-order valence-electron chi connectivity index (χ3n) is 3.84. The minimum absolute atomic E-state index is 0.695. The molecule has 0 saturated heterocycles. The summed E-state index contributed by atoms with van der Waals surface area (Å²) in [5.74, 6) is 7.14. The van der Waals surface area contributed by atoms with E-state index in [4.69, 9.17) is 16.2 Å². The highest BCUT2D eigenvalue weighted by Crippen LogP contribution is 2.31. The smallest absolute Gasteiger partial charge is 0.120 e. The predicted molar refractivity (Wildman–Crippen MR) is 95.4 cm³/mol. The van der Waals surface area contributed by atoms with Gasteiger partial charge in [-0.1, -0.05) is 12.0 Å². The summed E-state index contributed by atoms with van der Waals surface area (Å²) in [5, 5.41) is 0.990. The van der Waals surface area contributed by atoms with Gasteiger partial charge in [0, 0.05) is 29.2 Å². The van der Waals surface area contributed by atoms with Crippen LogP contribution in [0.1, 0.15) is 18.2 Å². The Hall–Kier alpha value is -3.06. The van der Waals surface area contributed by atoms with Gasteiger partial charge in [-0.15, -0.1) is 0 Å². The maximum absolute atomic E-state index is 6.31. The number of hydrogen-bond acceptors (Lipinski definition) is 3. The second kappa shape index (κ2) is 5.98. The lowest BCUT2D eigenvalue weighted by Gasteiger charge is -2.04. The predicted octanol–water partition coefficient (Wildman–Crippen LogP) is 3.23. The lowest BCUT2D eigenvalue weighted by molar-refractivity contribution is 0.415. The maximum Gasteiger partial charge on any atom is 0.120 e. The number of ether oxygens (including phenoxy) is 1. The first-order valence-electron chi connectivity index (χ1n) is 7.47. The van der Waals surface area contributed by atoms with Crippen molar-refractivity contribution in [2.45, 2.75) is 13.5 Å². The minimum Gasteiger partial charge on any atom is -0.497 e. The van der Waals surface area contributed by atoms with Crippen LogP contribution in [0, 0.1) is 11.8 Å². The minimum atomic E-state index is 0.695. The van der Waals surface area contributed by atoms with E-state index in [1.165, 1.54) is 0 Å². The number of nitrogens with zero attached hydrogens (tertiary/aromatic N) is 1. The molecule has 4 heteroatoms. The van der Waals surface area contributed by atoms with Gasteiger partial charge in [-0.25, -0.2) is 0 Å². The fraction of sp³-hybridized carbons (Fsp3) is 0.158. The standard InChI is InChI=1S/C19H19N3O/c1-3-22-17(10-7-13-5-4-6-14(20)11-13)19(21)16-9-8-15(23-2)12-18(16)22/h4-6,8-9,11-12H,3,20-21H2,1-2H3. The van der Waals surface area contributed by atoms with Crippen molar-refractivity contribution in [1.82, 2.24) is 4.57 Å². The second-order valence-electron chi connectivity index (χ2n) is 5.27. The zero-order valence-corrected chi connectivity index (χ0v) is 13.3. The Morgan fingerprint density at radius 1 is 1.09 bits per heavy atom. The van der Waals surface area contributed by atoms with Crippen LogP contribution in [-0.2, 0) is 6.54 Å². The van der Waals surface area contributed by atoms with E-state index in [1.54, 1.807) is 7.11 Å². The molecule has 0 amide bonds. The van der Waals surface area contributed by atoms with E-state index in [0.29, 0.717) is 11.4 Å². The van der Waals surface area contributed by atoms with Crippen molar-refractivity contribution in [2.75, 3.05) is 18.6 Å². The van der Waals surface area contributed by atoms with Crippen molar-refractivity contribution in [3.05, 3.63) is 53.7 Å². The van der Waals surface area contributed by atoms with Crippen LogP contribution in [0.2, 0.25) is 0 Å². The van der Waals surface area contributed by atoms with Crippen LogP contribution in [0.5, 0.6) is 5.75 Å². The van der Waals surface area contributed by atoms with E-state index in [1.807, 2.05) is 42.5 Å². The number of nitrogen functional groups attached to an aromatic ring is 2. The Kier molecular flexibility index (Phi) is 3.86. The maximum atomic E-state index is 6.31. The monoisotopic (exact) mass is 305 g/mol. The number of fused-ring (bicyclic) bond motifs is 1. The molecule has 0 aliphatic rings. The first-order valence-corrected chi connectivity index (χ1v) is 7.47. The van der Waals surface area contributed by atoms with Crippen molar-refractivity contribution in [3.63, 3.8) is 0 Å². The Morgan fingerprint density at radius 2 is 1.91 bits per heavy atom. The molecule has 2 aromatic carbocycles.